The molecule has 0 saturated carbocycles. The molecule has 1 aromatic carbocycles. The second-order valence-electron chi connectivity index (χ2n) is 2.09. The maximum Gasteiger partial charge on any atom is 0.335 e. The van der Waals surface area contributed by atoms with Crippen molar-refractivity contribution < 1.29 is 20.1 Å². The van der Waals surface area contributed by atoms with E-state index in [2.05, 4.69) is 0 Å². The molecule has 6 heteroatoms. The Labute approximate surface area is 88.3 Å². The molecule has 0 aliphatic rings. The average molecular weight is 218 g/mol. The van der Waals surface area contributed by atoms with Crippen molar-refractivity contribution in [3.05, 3.63) is 29.8 Å². The van der Waals surface area contributed by atoms with Crippen LogP contribution >= 0.6 is 0 Å². The highest BCUT2D eigenvalue weighted by Gasteiger charge is 1.99. The smallest absolute Gasteiger partial charge is 0.335 e. The van der Waals surface area contributed by atoms with Crippen LogP contribution in [-0.4, -0.2) is 17.7 Å². The van der Waals surface area contributed by atoms with E-state index in [9.17, 15) is 9.90 Å². The number of carboxylic acid groups (broad SMARTS) is 1. The van der Waals surface area contributed by atoms with Gasteiger partial charge in [-0.2, -0.15) is 0 Å². The molecule has 0 spiro atoms. The standard InChI is InChI=1S/C7H6O3.C2H5O.2H3N/c8-6-4-2-1-3-5(6)7(9)10;1-2-3;;/h1-4,8H,(H,9,10);2H2,1H3;2*1H3/q;-1;;/p+1. The first-order valence-corrected chi connectivity index (χ1v) is 3.70. The number of aromatic carboxylic acids is 1. The van der Waals surface area contributed by atoms with Gasteiger partial charge in [-0.05, 0) is 6.07 Å². The first-order valence-electron chi connectivity index (χ1n) is 3.70. The molecule has 9 N–H and O–H groups in total. The van der Waals surface area contributed by atoms with Gasteiger partial charge in [-0.1, -0.05) is 30.9 Å². The van der Waals surface area contributed by atoms with Crippen LogP contribution in [0.4, 0.5) is 0 Å². The minimum absolute atomic E-state index is 0. The highest BCUT2D eigenvalue weighted by atomic mass is 16.4. The second kappa shape index (κ2) is 10.5. The van der Waals surface area contributed by atoms with Crippen LogP contribution in [-0.2, 0) is 0 Å². The Kier molecular flexibility index (Phi) is 13.3. The van der Waals surface area contributed by atoms with E-state index >= 15 is 0 Å². The van der Waals surface area contributed by atoms with Crippen molar-refractivity contribution in [3.8, 4) is 5.75 Å². The molecule has 0 atom stereocenters. The fourth-order valence-electron chi connectivity index (χ4n) is 0.643. The van der Waals surface area contributed by atoms with Gasteiger partial charge in [0, 0.05) is 0 Å². The maximum absolute atomic E-state index is 10.7. The molecule has 0 aliphatic carbocycles. The third kappa shape index (κ3) is 7.44. The zero-order valence-corrected chi connectivity index (χ0v) is 9.19. The lowest BCUT2D eigenvalue weighted by Crippen LogP contribution is -2.02. The summed E-state index contributed by atoms with van der Waals surface area (Å²) in [4.78, 5) is 10.2. The van der Waals surface area contributed by atoms with Crippen molar-refractivity contribution in [1.82, 2.24) is 12.3 Å². The SMILES string of the molecule is CC[O-].O=C(O)c1ccccc1[O-].[NH4+].[NH4+]. The van der Waals surface area contributed by atoms with Crippen LogP contribution in [0.5, 0.6) is 5.75 Å². The van der Waals surface area contributed by atoms with Crippen LogP contribution in [0.25, 0.3) is 0 Å². The molecule has 1 rings (SSSR count). The van der Waals surface area contributed by atoms with Gasteiger partial charge in [0.25, 0.3) is 0 Å². The van der Waals surface area contributed by atoms with Gasteiger partial charge in [0.1, 0.15) is 0 Å². The maximum atomic E-state index is 10.7. The summed E-state index contributed by atoms with van der Waals surface area (Å²) in [6.45, 7) is 1.57. The van der Waals surface area contributed by atoms with Crippen LogP contribution in [0.15, 0.2) is 24.3 Å². The number of hydrogen-bond donors (Lipinski definition) is 3. The summed E-state index contributed by atoms with van der Waals surface area (Å²) in [5, 5.41) is 28.0. The van der Waals surface area contributed by atoms with Crippen molar-refractivity contribution in [3.63, 3.8) is 0 Å². The topological polar surface area (TPSA) is 156 Å². The molecule has 0 amide bonds. The van der Waals surface area contributed by atoms with E-state index in [0.29, 0.717) is 0 Å². The molecular formula is C9H18N2O4. The van der Waals surface area contributed by atoms with Crippen LogP contribution in [0, 0.1) is 0 Å². The number of hydrogen-bond acceptors (Lipinski definition) is 3. The van der Waals surface area contributed by atoms with Crippen molar-refractivity contribution >= 4 is 5.97 Å². The molecule has 0 aromatic heterocycles. The Hall–Kier alpha value is -1.63. The van der Waals surface area contributed by atoms with E-state index in [1.165, 1.54) is 24.3 Å². The molecule has 0 aliphatic heterocycles. The fourth-order valence-corrected chi connectivity index (χ4v) is 0.643. The minimum atomic E-state index is -1.18. The lowest BCUT2D eigenvalue weighted by molar-refractivity contribution is -0.361. The van der Waals surface area contributed by atoms with Gasteiger partial charge in [-0.25, -0.2) is 4.79 Å². The Bertz CT molecular complexity index is 279. The second-order valence-corrected chi connectivity index (χ2v) is 2.09. The first-order chi connectivity index (χ1) is 6.13. The summed E-state index contributed by atoms with van der Waals surface area (Å²) >= 11 is 0. The summed E-state index contributed by atoms with van der Waals surface area (Å²) in [5.74, 6) is -1.62. The van der Waals surface area contributed by atoms with E-state index in [1.54, 1.807) is 6.92 Å². The van der Waals surface area contributed by atoms with Crippen molar-refractivity contribution in [2.24, 2.45) is 0 Å². The summed E-state index contributed by atoms with van der Waals surface area (Å²) in [6, 6.07) is 5.54. The molecule has 0 fully saturated rings. The summed E-state index contributed by atoms with van der Waals surface area (Å²) in [5.41, 5.74) is -0.178. The Morgan fingerprint density at radius 2 is 1.73 bits per heavy atom. The van der Waals surface area contributed by atoms with Crippen molar-refractivity contribution in [2.45, 2.75) is 6.92 Å². The number of benzene rings is 1. The number of carboxylic acids is 1. The van der Waals surface area contributed by atoms with Crippen LogP contribution in [0.2, 0.25) is 0 Å². The third-order valence-corrected chi connectivity index (χ3v) is 1.12. The van der Waals surface area contributed by atoms with Crippen LogP contribution in [0.1, 0.15) is 17.3 Å². The zero-order valence-electron chi connectivity index (χ0n) is 9.19. The minimum Gasteiger partial charge on any atom is -0.872 e. The molecule has 0 saturated heterocycles. The van der Waals surface area contributed by atoms with E-state index in [1.807, 2.05) is 0 Å². The quantitative estimate of drug-likeness (QED) is 0.629. The summed E-state index contributed by atoms with van der Waals surface area (Å²) in [7, 11) is 0. The Morgan fingerprint density at radius 3 is 2.00 bits per heavy atom. The third-order valence-electron chi connectivity index (χ3n) is 1.12. The highest BCUT2D eigenvalue weighted by Crippen LogP contribution is 2.10. The van der Waals surface area contributed by atoms with E-state index < -0.39 is 11.7 Å². The van der Waals surface area contributed by atoms with Gasteiger partial charge in [-0.15, -0.1) is 6.61 Å². The predicted octanol–water partition coefficient (Wildman–Crippen LogP) is 0.577. The molecule has 0 heterocycles. The number of quaternary nitrogens is 2. The molecule has 0 bridgehead atoms. The van der Waals surface area contributed by atoms with E-state index in [-0.39, 0.29) is 24.5 Å². The van der Waals surface area contributed by atoms with E-state index in [4.69, 9.17) is 10.2 Å². The zero-order chi connectivity index (χ0) is 10.3. The average Bonchev–Trinajstić information content (AvgIpc) is 2.06. The normalized spacial score (nSPS) is 7.33. The lowest BCUT2D eigenvalue weighted by atomic mass is 10.2. The molecule has 0 radical (unpaired) electrons. The monoisotopic (exact) mass is 218 g/mol. The molecule has 1 aromatic rings. The molecular weight excluding hydrogens is 200 g/mol. The van der Waals surface area contributed by atoms with Crippen molar-refractivity contribution in [2.75, 3.05) is 6.61 Å². The van der Waals surface area contributed by atoms with Gasteiger partial charge >= 0.3 is 5.97 Å². The predicted molar refractivity (Wildman–Crippen MR) is 55.4 cm³/mol. The van der Waals surface area contributed by atoms with Crippen LogP contribution < -0.4 is 22.5 Å². The molecule has 0 unspecified atom stereocenters. The van der Waals surface area contributed by atoms with Gasteiger partial charge in [0.2, 0.25) is 0 Å². The Balaban J connectivity index is -0.000000260. The molecule has 15 heavy (non-hydrogen) atoms. The fraction of sp³-hybridized carbons (Fsp3) is 0.222. The number of carbonyl (C=O) groups is 1. The molecule has 6 nitrogen and oxygen atoms in total. The van der Waals surface area contributed by atoms with Gasteiger partial charge in [0.05, 0.1) is 5.56 Å². The first kappa shape index (κ1) is 19.0. The largest absolute Gasteiger partial charge is 0.872 e. The van der Waals surface area contributed by atoms with Gasteiger partial charge < -0.3 is 27.6 Å². The van der Waals surface area contributed by atoms with E-state index in [0.717, 1.165) is 0 Å². The molecule has 88 valence electrons. The van der Waals surface area contributed by atoms with Crippen LogP contribution in [0.3, 0.4) is 0 Å². The highest BCUT2D eigenvalue weighted by molar-refractivity contribution is 5.90. The van der Waals surface area contributed by atoms with Crippen molar-refractivity contribution in [1.29, 1.82) is 0 Å². The van der Waals surface area contributed by atoms with Gasteiger partial charge in [0.15, 0.2) is 0 Å². The van der Waals surface area contributed by atoms with Gasteiger partial charge in [-0.3, -0.25) is 0 Å². The summed E-state index contributed by atoms with van der Waals surface area (Å²) in [6.07, 6.45) is 0. The lowest BCUT2D eigenvalue weighted by Gasteiger charge is -2.07. The summed E-state index contributed by atoms with van der Waals surface area (Å²) < 4.78 is 0. The number of para-hydroxylation sites is 1. The Morgan fingerprint density at radius 1 is 1.33 bits per heavy atom. The number of rotatable bonds is 1.